The monoisotopic (exact) mass is 224 g/mol. The number of hydrogen-bond acceptors (Lipinski definition) is 7. The van der Waals surface area contributed by atoms with E-state index in [0.29, 0.717) is 0 Å². The first kappa shape index (κ1) is 25.8. The molecule has 2 bridgehead atoms. The molecule has 0 aliphatic carbocycles. The topological polar surface area (TPSA) is 187 Å². The van der Waals surface area contributed by atoms with Crippen molar-refractivity contribution in [1.82, 2.24) is 0 Å². The van der Waals surface area contributed by atoms with Crippen LogP contribution in [0.2, 0.25) is 0 Å². The molecule has 0 aromatic rings. The minimum absolute atomic E-state index is 0. The largest absolute Gasteiger partial charge is 1.00 e. The molecule has 2 fully saturated rings. The van der Waals surface area contributed by atoms with E-state index in [1.54, 1.807) is 0 Å². The minimum Gasteiger partial charge on any atom is -0.833 e. The maximum atomic E-state index is 10.5. The van der Waals surface area contributed by atoms with Gasteiger partial charge in [0.2, 0.25) is 0 Å². The van der Waals surface area contributed by atoms with Crippen molar-refractivity contribution in [2.45, 2.75) is 0 Å². The Kier molecular flexibility index (Phi) is 18.0. The minimum atomic E-state index is -1.73. The summed E-state index contributed by atoms with van der Waals surface area (Å²) in [6.07, 6.45) is 0. The van der Waals surface area contributed by atoms with Gasteiger partial charge in [-0.15, -0.1) is 0 Å². The second kappa shape index (κ2) is 11.2. The van der Waals surface area contributed by atoms with Crippen molar-refractivity contribution in [1.29, 1.82) is 0 Å². The zero-order valence-corrected chi connectivity index (χ0v) is 8.67. The third-order valence-electron chi connectivity index (χ3n) is 1.11. The Hall–Kier alpha value is 1.05. The molecule has 0 saturated carbocycles. The van der Waals surface area contributed by atoms with Crippen molar-refractivity contribution in [2.24, 2.45) is 0 Å². The van der Waals surface area contributed by atoms with Gasteiger partial charge in [0, 0.05) is 0 Å². The van der Waals surface area contributed by atoms with E-state index in [-0.39, 0.29) is 54.1 Å². The van der Waals surface area contributed by atoms with Gasteiger partial charge in [0.1, 0.15) is 0 Å². The molecule has 2 rings (SSSR count). The van der Waals surface area contributed by atoms with Crippen LogP contribution in [0.5, 0.6) is 0 Å². The molecular formula is H6B4Li2O10. The van der Waals surface area contributed by atoms with Gasteiger partial charge in [0.25, 0.3) is 0 Å². The van der Waals surface area contributed by atoms with Crippen LogP contribution >= 0.6 is 0 Å². The third kappa shape index (κ3) is 6.71. The molecule has 0 radical (unpaired) electrons. The maximum Gasteiger partial charge on any atom is 1.00 e. The summed E-state index contributed by atoms with van der Waals surface area (Å²) in [6.45, 7) is 0. The van der Waals surface area contributed by atoms with E-state index in [1.165, 1.54) is 0 Å². The summed E-state index contributed by atoms with van der Waals surface area (Å²) in [5.74, 6) is 0. The Balaban J connectivity index is -0.000000144. The van der Waals surface area contributed by atoms with Crippen molar-refractivity contribution in [3.05, 3.63) is 0 Å². The Morgan fingerprint density at radius 3 is 1.06 bits per heavy atom. The molecule has 80 valence electrons. The van der Waals surface area contributed by atoms with Crippen LogP contribution in [0.4, 0.5) is 0 Å². The van der Waals surface area contributed by atoms with Crippen LogP contribution in [0.25, 0.3) is 0 Å². The first-order chi connectivity index (χ1) is 5.24. The summed E-state index contributed by atoms with van der Waals surface area (Å²) in [6, 6.07) is 0. The molecule has 0 amide bonds. The molecule has 0 spiro atoms. The molecule has 2 saturated heterocycles. The molecule has 2 aliphatic rings. The molecule has 10 nitrogen and oxygen atoms in total. The van der Waals surface area contributed by atoms with Gasteiger partial charge >= 0.3 is 67.0 Å². The van der Waals surface area contributed by atoms with Crippen molar-refractivity contribution < 1.29 is 87.1 Å². The van der Waals surface area contributed by atoms with Gasteiger partial charge in [-0.25, -0.2) is 0 Å². The number of rotatable bonds is 0. The van der Waals surface area contributed by atoms with Crippen LogP contribution in [-0.2, 0) is 22.9 Å². The second-order valence-electron chi connectivity index (χ2n) is 1.84. The van der Waals surface area contributed by atoms with E-state index >= 15 is 0 Å². The third-order valence-corrected chi connectivity index (χ3v) is 1.11. The molecule has 2 heterocycles. The fourth-order valence-corrected chi connectivity index (χ4v) is 0.710. The molecule has 0 aromatic heterocycles. The van der Waals surface area contributed by atoms with E-state index in [1.807, 2.05) is 0 Å². The average Bonchev–Trinajstić information content (AvgIpc) is 1.82. The molecular weight excluding hydrogens is 217 g/mol. The van der Waals surface area contributed by atoms with E-state index < -0.39 is 29.3 Å². The summed E-state index contributed by atoms with van der Waals surface area (Å²) in [5, 5.41) is 21.0. The van der Waals surface area contributed by atoms with Crippen molar-refractivity contribution in [3.8, 4) is 0 Å². The van der Waals surface area contributed by atoms with Gasteiger partial charge in [-0.3, -0.25) is 0 Å². The summed E-state index contributed by atoms with van der Waals surface area (Å²) in [7, 11) is -6.00. The van der Waals surface area contributed by atoms with Gasteiger partial charge in [-0.1, -0.05) is 0 Å². The molecule has 0 atom stereocenters. The molecule has 2 aliphatic heterocycles. The van der Waals surface area contributed by atoms with Crippen LogP contribution in [0.3, 0.4) is 0 Å². The predicted molar refractivity (Wildman–Crippen MR) is 39.3 cm³/mol. The molecule has 0 unspecified atom stereocenters. The zero-order valence-electron chi connectivity index (χ0n) is 8.67. The van der Waals surface area contributed by atoms with E-state index in [2.05, 4.69) is 22.9 Å². The van der Waals surface area contributed by atoms with Crippen LogP contribution in [0.1, 0.15) is 0 Å². The van der Waals surface area contributed by atoms with Gasteiger partial charge < -0.3 is 49.3 Å². The van der Waals surface area contributed by atoms with Crippen molar-refractivity contribution in [2.75, 3.05) is 0 Å². The Labute approximate surface area is 116 Å². The fourth-order valence-electron chi connectivity index (χ4n) is 0.710. The smallest absolute Gasteiger partial charge is 0.833 e. The van der Waals surface area contributed by atoms with Crippen LogP contribution < -0.4 is 47.8 Å². The average molecular weight is 223 g/mol. The summed E-state index contributed by atoms with van der Waals surface area (Å²) in [5.41, 5.74) is 0. The van der Waals surface area contributed by atoms with Gasteiger partial charge in [-0.2, -0.15) is 0 Å². The quantitative estimate of drug-likeness (QED) is 0.364. The summed E-state index contributed by atoms with van der Waals surface area (Å²) >= 11 is 0. The van der Waals surface area contributed by atoms with Gasteiger partial charge in [-0.05, 0) is 0 Å². The predicted octanol–water partition coefficient (Wildman–Crippen LogP) is -12.7. The van der Waals surface area contributed by atoms with Crippen LogP contribution in [0.15, 0.2) is 0 Å². The molecule has 0 aromatic carbocycles. The molecule has 16 heteroatoms. The van der Waals surface area contributed by atoms with Crippen LogP contribution in [-0.4, -0.2) is 45.7 Å². The first-order valence-electron chi connectivity index (χ1n) is 2.83. The summed E-state index contributed by atoms with van der Waals surface area (Å²) in [4.78, 5) is 0. The van der Waals surface area contributed by atoms with Crippen LogP contribution in [0, 0.1) is 0 Å². The maximum absolute atomic E-state index is 10.5. The summed E-state index contributed by atoms with van der Waals surface area (Å²) < 4.78 is 21.9. The van der Waals surface area contributed by atoms with E-state index in [0.717, 1.165) is 0 Å². The second-order valence-corrected chi connectivity index (χ2v) is 1.84. The van der Waals surface area contributed by atoms with Gasteiger partial charge in [0.05, 0.1) is 0 Å². The van der Waals surface area contributed by atoms with Crippen molar-refractivity contribution in [3.63, 3.8) is 0 Å². The number of hydrogen-bond donors (Lipinski definition) is 0. The molecule has 6 N–H and O–H groups in total. The van der Waals surface area contributed by atoms with Crippen molar-refractivity contribution >= 4 is 29.3 Å². The normalized spacial score (nSPS) is 16.9. The fraction of sp³-hybridized carbons (Fsp3) is 0. The number of fused-ring (bicyclic) bond motifs is 2. The standard InChI is InChI=1S/B4O7.2Li.3H2O/c5-1-7-3-9-2(6)10-4(8-1)11-3;;;;;/h;;;3*1H2/q-2;2*+1;;;. The Morgan fingerprint density at radius 2 is 0.812 bits per heavy atom. The SMILES string of the molecule is O.O.O.[Li+].[Li+].[O-]B1OB2OB([O-])OB(O1)O2. The van der Waals surface area contributed by atoms with E-state index in [4.69, 9.17) is 0 Å². The Bertz CT molecular complexity index is 126. The van der Waals surface area contributed by atoms with Gasteiger partial charge in [0.15, 0.2) is 0 Å². The zero-order chi connectivity index (χ0) is 7.84. The Morgan fingerprint density at radius 1 is 0.562 bits per heavy atom. The molecule has 16 heavy (non-hydrogen) atoms. The van der Waals surface area contributed by atoms with E-state index in [9.17, 15) is 10.0 Å². The first-order valence-corrected chi connectivity index (χ1v) is 2.83.